The molecule has 0 saturated heterocycles. The largest absolute Gasteiger partial charge is 0.465 e. The van der Waals surface area contributed by atoms with Gasteiger partial charge < -0.3 is 9.47 Å². The van der Waals surface area contributed by atoms with Crippen molar-refractivity contribution in [2.45, 2.75) is 26.6 Å². The second-order valence-electron chi connectivity index (χ2n) is 3.30. The van der Waals surface area contributed by atoms with Crippen molar-refractivity contribution < 1.29 is 9.47 Å². The van der Waals surface area contributed by atoms with E-state index in [1.807, 2.05) is 31.2 Å². The highest BCUT2D eigenvalue weighted by atomic mass is 16.7. The number of ether oxygens (including phenoxy) is 2. The number of rotatable bonds is 6. The Kier molecular flexibility index (Phi) is 4.91. The van der Waals surface area contributed by atoms with Gasteiger partial charge in [0.15, 0.2) is 6.29 Å². The summed E-state index contributed by atoms with van der Waals surface area (Å²) in [7, 11) is 0. The predicted octanol–water partition coefficient (Wildman–Crippen LogP) is 3.48. The van der Waals surface area contributed by atoms with Gasteiger partial charge in [-0.1, -0.05) is 37.8 Å². The fourth-order valence-corrected chi connectivity index (χ4v) is 1.25. The lowest BCUT2D eigenvalue weighted by Gasteiger charge is -2.16. The fourth-order valence-electron chi connectivity index (χ4n) is 1.25. The lowest BCUT2D eigenvalue weighted by Crippen LogP contribution is -2.17. The zero-order valence-corrected chi connectivity index (χ0v) is 9.40. The topological polar surface area (TPSA) is 18.5 Å². The monoisotopic (exact) mass is 206 g/mol. The van der Waals surface area contributed by atoms with Crippen molar-refractivity contribution in [1.82, 2.24) is 0 Å². The van der Waals surface area contributed by atoms with Crippen LogP contribution < -0.4 is 4.74 Å². The first-order valence-electron chi connectivity index (χ1n) is 5.27. The molecule has 15 heavy (non-hydrogen) atoms. The van der Waals surface area contributed by atoms with Gasteiger partial charge in [-0.05, 0) is 19.4 Å². The highest BCUT2D eigenvalue weighted by Gasteiger charge is 2.05. The molecule has 0 amide bonds. The van der Waals surface area contributed by atoms with Crippen LogP contribution in [0.25, 0.3) is 6.08 Å². The van der Waals surface area contributed by atoms with Crippen LogP contribution in [0.5, 0.6) is 5.75 Å². The number of para-hydroxylation sites is 1. The molecule has 0 radical (unpaired) electrons. The molecule has 1 aromatic carbocycles. The Bertz CT molecular complexity index is 307. The first kappa shape index (κ1) is 11.8. The summed E-state index contributed by atoms with van der Waals surface area (Å²) in [5, 5.41) is 0. The number of hydrogen-bond donors (Lipinski definition) is 0. The van der Waals surface area contributed by atoms with Crippen molar-refractivity contribution in [3.05, 3.63) is 36.4 Å². The molecule has 82 valence electrons. The molecular weight excluding hydrogens is 188 g/mol. The molecule has 1 atom stereocenters. The average molecular weight is 206 g/mol. The summed E-state index contributed by atoms with van der Waals surface area (Å²) >= 11 is 0. The normalized spacial score (nSPS) is 12.1. The molecule has 1 unspecified atom stereocenters. The summed E-state index contributed by atoms with van der Waals surface area (Å²) in [4.78, 5) is 0. The Morgan fingerprint density at radius 3 is 2.80 bits per heavy atom. The molecule has 0 aromatic heterocycles. The smallest absolute Gasteiger partial charge is 0.197 e. The molecule has 0 spiro atoms. The van der Waals surface area contributed by atoms with Crippen molar-refractivity contribution in [3.63, 3.8) is 0 Å². The second-order valence-corrected chi connectivity index (χ2v) is 3.30. The minimum atomic E-state index is -0.217. The van der Waals surface area contributed by atoms with Crippen molar-refractivity contribution in [3.8, 4) is 5.75 Å². The van der Waals surface area contributed by atoms with Gasteiger partial charge in [0.1, 0.15) is 5.75 Å². The summed E-state index contributed by atoms with van der Waals surface area (Å²) < 4.78 is 11.1. The molecular formula is C13H18O2. The van der Waals surface area contributed by atoms with E-state index in [-0.39, 0.29) is 6.29 Å². The zero-order chi connectivity index (χ0) is 11.1. The third kappa shape index (κ3) is 3.76. The molecule has 0 fully saturated rings. The Balaban J connectivity index is 2.59. The maximum atomic E-state index is 5.64. The minimum Gasteiger partial charge on any atom is -0.465 e. The van der Waals surface area contributed by atoms with Gasteiger partial charge in [0.2, 0.25) is 0 Å². The van der Waals surface area contributed by atoms with Gasteiger partial charge in [-0.2, -0.15) is 0 Å². The third-order valence-electron chi connectivity index (χ3n) is 1.99. The van der Waals surface area contributed by atoms with Gasteiger partial charge >= 0.3 is 0 Å². The van der Waals surface area contributed by atoms with Crippen LogP contribution in [-0.4, -0.2) is 12.9 Å². The maximum Gasteiger partial charge on any atom is 0.197 e. The van der Waals surface area contributed by atoms with Crippen LogP contribution in [0.1, 0.15) is 25.8 Å². The van der Waals surface area contributed by atoms with Crippen LogP contribution in [0.3, 0.4) is 0 Å². The van der Waals surface area contributed by atoms with E-state index in [0.717, 1.165) is 24.3 Å². The van der Waals surface area contributed by atoms with Crippen molar-refractivity contribution in [2.24, 2.45) is 0 Å². The Morgan fingerprint density at radius 2 is 2.13 bits per heavy atom. The Labute approximate surface area is 91.5 Å². The summed E-state index contributed by atoms with van der Waals surface area (Å²) in [6.45, 7) is 8.43. The van der Waals surface area contributed by atoms with Crippen LogP contribution in [0.2, 0.25) is 0 Å². The van der Waals surface area contributed by atoms with Gasteiger partial charge in [0.05, 0.1) is 6.61 Å². The van der Waals surface area contributed by atoms with E-state index in [1.54, 1.807) is 6.08 Å². The average Bonchev–Trinajstić information content (AvgIpc) is 2.27. The van der Waals surface area contributed by atoms with Gasteiger partial charge in [-0.3, -0.25) is 0 Å². The first-order chi connectivity index (χ1) is 7.27. The molecule has 0 heterocycles. The van der Waals surface area contributed by atoms with E-state index in [1.165, 1.54) is 0 Å². The SMILES string of the molecule is C=Cc1ccccc1OC(C)OCCC. The summed E-state index contributed by atoms with van der Waals surface area (Å²) in [6, 6.07) is 7.79. The summed E-state index contributed by atoms with van der Waals surface area (Å²) in [5.41, 5.74) is 0.990. The third-order valence-corrected chi connectivity index (χ3v) is 1.99. The van der Waals surface area contributed by atoms with Crippen molar-refractivity contribution in [2.75, 3.05) is 6.61 Å². The van der Waals surface area contributed by atoms with E-state index in [4.69, 9.17) is 9.47 Å². The standard InChI is InChI=1S/C13H18O2/c1-4-10-14-11(3)15-13-9-7-6-8-12(13)5-2/h5-9,11H,2,4,10H2,1,3H3. The van der Waals surface area contributed by atoms with Gasteiger partial charge in [0, 0.05) is 5.56 Å². The second kappa shape index (κ2) is 6.25. The van der Waals surface area contributed by atoms with Crippen molar-refractivity contribution in [1.29, 1.82) is 0 Å². The highest BCUT2D eigenvalue weighted by Crippen LogP contribution is 2.20. The van der Waals surface area contributed by atoms with Gasteiger partial charge in [0.25, 0.3) is 0 Å². The zero-order valence-electron chi connectivity index (χ0n) is 9.40. The Hall–Kier alpha value is -1.28. The van der Waals surface area contributed by atoms with Crippen LogP contribution in [0, 0.1) is 0 Å². The summed E-state index contributed by atoms with van der Waals surface area (Å²) in [6.07, 6.45) is 2.56. The van der Waals surface area contributed by atoms with Crippen molar-refractivity contribution >= 4 is 6.08 Å². The van der Waals surface area contributed by atoms with E-state index in [9.17, 15) is 0 Å². The van der Waals surface area contributed by atoms with E-state index < -0.39 is 0 Å². The van der Waals surface area contributed by atoms with E-state index in [0.29, 0.717) is 0 Å². The molecule has 1 aromatic rings. The predicted molar refractivity (Wildman–Crippen MR) is 62.9 cm³/mol. The molecule has 0 saturated carbocycles. The minimum absolute atomic E-state index is 0.217. The molecule has 2 nitrogen and oxygen atoms in total. The maximum absolute atomic E-state index is 5.64. The van der Waals surface area contributed by atoms with Crippen LogP contribution in [-0.2, 0) is 4.74 Å². The lowest BCUT2D eigenvalue weighted by atomic mass is 10.2. The fraction of sp³-hybridized carbons (Fsp3) is 0.385. The van der Waals surface area contributed by atoms with Crippen LogP contribution in [0.15, 0.2) is 30.8 Å². The molecule has 0 bridgehead atoms. The molecule has 1 rings (SSSR count). The lowest BCUT2D eigenvalue weighted by molar-refractivity contribution is -0.0663. The quantitative estimate of drug-likeness (QED) is 0.663. The number of benzene rings is 1. The molecule has 0 aliphatic rings. The van der Waals surface area contributed by atoms with E-state index in [2.05, 4.69) is 13.5 Å². The molecule has 0 N–H and O–H groups in total. The molecule has 0 aliphatic heterocycles. The Morgan fingerprint density at radius 1 is 1.40 bits per heavy atom. The van der Waals surface area contributed by atoms with E-state index >= 15 is 0 Å². The van der Waals surface area contributed by atoms with Crippen LogP contribution in [0.4, 0.5) is 0 Å². The molecule has 0 aliphatic carbocycles. The van der Waals surface area contributed by atoms with Gasteiger partial charge in [-0.15, -0.1) is 0 Å². The first-order valence-corrected chi connectivity index (χ1v) is 5.27. The highest BCUT2D eigenvalue weighted by molar-refractivity contribution is 5.55. The summed E-state index contributed by atoms with van der Waals surface area (Å²) in [5.74, 6) is 0.816. The number of hydrogen-bond acceptors (Lipinski definition) is 2. The van der Waals surface area contributed by atoms with Crippen LogP contribution >= 0.6 is 0 Å². The molecule has 2 heteroatoms. The van der Waals surface area contributed by atoms with Gasteiger partial charge in [-0.25, -0.2) is 0 Å².